The van der Waals surface area contributed by atoms with Crippen LogP contribution in [0.2, 0.25) is 0 Å². The number of ether oxygens (including phenoxy) is 1. The summed E-state index contributed by atoms with van der Waals surface area (Å²) in [6.45, 7) is 10.5. The van der Waals surface area contributed by atoms with Crippen LogP contribution in [0.4, 0.5) is 0 Å². The van der Waals surface area contributed by atoms with Gasteiger partial charge in [0.05, 0.1) is 11.7 Å². The molecule has 0 radical (unpaired) electrons. The molecule has 0 amide bonds. The molecule has 2 aromatic rings. The van der Waals surface area contributed by atoms with Crippen molar-refractivity contribution in [2.75, 3.05) is 19.7 Å². The van der Waals surface area contributed by atoms with Gasteiger partial charge in [-0.3, -0.25) is 4.90 Å². The first-order valence-electron chi connectivity index (χ1n) is 11.2. The van der Waals surface area contributed by atoms with Crippen LogP contribution >= 0.6 is 0 Å². The molecule has 2 rings (SSSR count). The molecule has 0 aliphatic heterocycles. The van der Waals surface area contributed by atoms with Crippen LogP contribution in [-0.2, 0) is 16.1 Å². The fourth-order valence-electron chi connectivity index (χ4n) is 3.31. The molecule has 0 aliphatic rings. The summed E-state index contributed by atoms with van der Waals surface area (Å²) < 4.78 is 6.02. The summed E-state index contributed by atoms with van der Waals surface area (Å²) in [5.74, 6) is -0.699. The highest BCUT2D eigenvalue weighted by Crippen LogP contribution is 2.20. The Bertz CT molecular complexity index is 759. The van der Waals surface area contributed by atoms with Gasteiger partial charge in [-0.25, -0.2) is 4.79 Å². The van der Waals surface area contributed by atoms with E-state index >= 15 is 0 Å². The van der Waals surface area contributed by atoms with Gasteiger partial charge >= 0.3 is 5.97 Å². The van der Waals surface area contributed by atoms with E-state index < -0.39 is 5.97 Å². The normalized spacial score (nSPS) is 11.5. The van der Waals surface area contributed by atoms with Gasteiger partial charge in [-0.1, -0.05) is 56.3 Å². The number of nitrogens with zero attached hydrogens (tertiary/aromatic N) is 1. The Balaban J connectivity index is 0.00000233. The van der Waals surface area contributed by atoms with E-state index in [0.717, 1.165) is 37.1 Å². The molecule has 0 unspecified atom stereocenters. The summed E-state index contributed by atoms with van der Waals surface area (Å²) in [6.07, 6.45) is 2.37. The third kappa shape index (κ3) is 10.4. The van der Waals surface area contributed by atoms with Gasteiger partial charge in [-0.15, -0.1) is 0 Å². The molecule has 0 spiro atoms. The van der Waals surface area contributed by atoms with Gasteiger partial charge in [-0.2, -0.15) is 0 Å². The lowest BCUT2D eigenvalue weighted by Gasteiger charge is -2.28. The summed E-state index contributed by atoms with van der Waals surface area (Å²) in [5, 5.41) is 9.10. The molecule has 170 valence electrons. The van der Waals surface area contributed by atoms with Crippen molar-refractivity contribution >= 4 is 11.8 Å². The van der Waals surface area contributed by atoms with E-state index in [1.807, 2.05) is 51.1 Å². The van der Waals surface area contributed by atoms with Gasteiger partial charge in [0, 0.05) is 26.1 Å². The number of ketones is 1. The molecule has 0 aliphatic carbocycles. The summed E-state index contributed by atoms with van der Waals surface area (Å²) in [5.41, 5.74) is 2.49. The largest absolute Gasteiger partial charge is 0.478 e. The third-order valence-corrected chi connectivity index (χ3v) is 4.82. The quantitative estimate of drug-likeness (QED) is 0.412. The van der Waals surface area contributed by atoms with Crippen LogP contribution in [0.1, 0.15) is 74.5 Å². The average molecular weight is 428 g/mol. The minimum atomic E-state index is -0.918. The number of hydrogen-bond acceptors (Lipinski definition) is 4. The van der Waals surface area contributed by atoms with Crippen molar-refractivity contribution in [2.45, 2.75) is 59.6 Å². The molecule has 0 aromatic heterocycles. The van der Waals surface area contributed by atoms with Crippen molar-refractivity contribution in [2.24, 2.45) is 0 Å². The Hall–Kier alpha value is -2.50. The standard InChI is InChI=1S/C24H31NO4.C2H6/c1-3-29-23(21-10-5-4-6-11-21)18-25(16-8-7-9-19(2)26)17-20-12-14-22(15-13-20)24(27)28;1-2/h4-6,10-15,23H,3,7-9,16-18H2,1-2H3,(H,27,28);1-2H3/t23-;/m0./s1. The predicted octanol–water partition coefficient (Wildman–Crippen LogP) is 5.75. The Morgan fingerprint density at radius 2 is 1.65 bits per heavy atom. The second kappa shape index (κ2) is 15.3. The van der Waals surface area contributed by atoms with Crippen LogP contribution in [0.3, 0.4) is 0 Å². The summed E-state index contributed by atoms with van der Waals surface area (Å²) in [6, 6.07) is 17.2. The maximum Gasteiger partial charge on any atom is 0.335 e. The van der Waals surface area contributed by atoms with Crippen LogP contribution in [0, 0.1) is 0 Å². The Morgan fingerprint density at radius 1 is 1.00 bits per heavy atom. The van der Waals surface area contributed by atoms with Crippen LogP contribution in [0.25, 0.3) is 0 Å². The van der Waals surface area contributed by atoms with E-state index in [0.29, 0.717) is 25.1 Å². The van der Waals surface area contributed by atoms with Crippen molar-refractivity contribution in [1.29, 1.82) is 0 Å². The highest BCUT2D eigenvalue weighted by molar-refractivity contribution is 5.87. The highest BCUT2D eigenvalue weighted by Gasteiger charge is 2.17. The van der Waals surface area contributed by atoms with Crippen molar-refractivity contribution in [1.82, 2.24) is 4.90 Å². The van der Waals surface area contributed by atoms with E-state index in [4.69, 9.17) is 9.84 Å². The number of carbonyl (C=O) groups is 2. The predicted molar refractivity (Wildman–Crippen MR) is 125 cm³/mol. The zero-order valence-electron chi connectivity index (χ0n) is 19.3. The topological polar surface area (TPSA) is 66.8 Å². The fourth-order valence-corrected chi connectivity index (χ4v) is 3.31. The number of benzene rings is 2. The number of carbonyl (C=O) groups excluding carboxylic acids is 1. The molecule has 0 bridgehead atoms. The number of carboxylic acid groups (broad SMARTS) is 1. The zero-order chi connectivity index (χ0) is 23.1. The minimum absolute atomic E-state index is 0.0349. The van der Waals surface area contributed by atoms with Gasteiger partial charge in [-0.05, 0) is 56.5 Å². The third-order valence-electron chi connectivity index (χ3n) is 4.82. The number of unbranched alkanes of at least 4 members (excludes halogenated alkanes) is 1. The molecule has 2 aromatic carbocycles. The first-order valence-corrected chi connectivity index (χ1v) is 11.2. The summed E-state index contributed by atoms with van der Waals surface area (Å²) >= 11 is 0. The summed E-state index contributed by atoms with van der Waals surface area (Å²) in [7, 11) is 0. The molecule has 31 heavy (non-hydrogen) atoms. The lowest BCUT2D eigenvalue weighted by molar-refractivity contribution is -0.117. The molecule has 0 saturated heterocycles. The van der Waals surface area contributed by atoms with Gasteiger partial charge in [0.15, 0.2) is 0 Å². The summed E-state index contributed by atoms with van der Waals surface area (Å²) in [4.78, 5) is 24.6. The van der Waals surface area contributed by atoms with Gasteiger partial charge in [0.2, 0.25) is 0 Å². The van der Waals surface area contributed by atoms with E-state index in [1.165, 1.54) is 0 Å². The maximum atomic E-state index is 11.2. The van der Waals surface area contributed by atoms with Crippen LogP contribution in [-0.4, -0.2) is 41.5 Å². The number of aromatic carboxylic acids is 1. The van der Waals surface area contributed by atoms with Gasteiger partial charge in [0.1, 0.15) is 5.78 Å². The highest BCUT2D eigenvalue weighted by atomic mass is 16.5. The monoisotopic (exact) mass is 427 g/mol. The second-order valence-corrected chi connectivity index (χ2v) is 7.25. The molecule has 5 nitrogen and oxygen atoms in total. The maximum absolute atomic E-state index is 11.2. The zero-order valence-corrected chi connectivity index (χ0v) is 19.3. The Kier molecular flexibility index (Phi) is 13.1. The molecule has 0 saturated carbocycles. The molecular weight excluding hydrogens is 390 g/mol. The fraction of sp³-hybridized carbons (Fsp3) is 0.462. The number of carboxylic acids is 1. The molecule has 0 fully saturated rings. The van der Waals surface area contributed by atoms with E-state index in [1.54, 1.807) is 19.1 Å². The molecule has 5 heteroatoms. The SMILES string of the molecule is CC.CCO[C@@H](CN(CCCCC(C)=O)Cc1ccc(C(=O)O)cc1)c1ccccc1. The number of rotatable bonds is 13. The second-order valence-electron chi connectivity index (χ2n) is 7.25. The molecule has 1 atom stereocenters. The van der Waals surface area contributed by atoms with Crippen molar-refractivity contribution < 1.29 is 19.4 Å². The number of Topliss-reactive ketones (excluding diaryl/α,β-unsaturated/α-hetero) is 1. The van der Waals surface area contributed by atoms with Crippen LogP contribution in [0.15, 0.2) is 54.6 Å². The average Bonchev–Trinajstić information content (AvgIpc) is 2.78. The Labute approximate surface area is 187 Å². The molecule has 0 heterocycles. The van der Waals surface area contributed by atoms with Crippen molar-refractivity contribution in [3.8, 4) is 0 Å². The van der Waals surface area contributed by atoms with Crippen LogP contribution in [0.5, 0.6) is 0 Å². The van der Waals surface area contributed by atoms with Gasteiger partial charge < -0.3 is 14.6 Å². The number of hydrogen-bond donors (Lipinski definition) is 1. The van der Waals surface area contributed by atoms with E-state index in [-0.39, 0.29) is 11.9 Å². The Morgan fingerprint density at radius 3 is 2.19 bits per heavy atom. The van der Waals surface area contributed by atoms with Gasteiger partial charge in [0.25, 0.3) is 0 Å². The molecular formula is C26H37NO4. The van der Waals surface area contributed by atoms with E-state index in [9.17, 15) is 9.59 Å². The first kappa shape index (κ1) is 26.5. The van der Waals surface area contributed by atoms with Crippen molar-refractivity contribution in [3.63, 3.8) is 0 Å². The lowest BCUT2D eigenvalue weighted by atomic mass is 10.1. The minimum Gasteiger partial charge on any atom is -0.478 e. The van der Waals surface area contributed by atoms with E-state index in [2.05, 4.69) is 17.0 Å². The van der Waals surface area contributed by atoms with Crippen LogP contribution < -0.4 is 0 Å². The molecule has 1 N–H and O–H groups in total. The van der Waals surface area contributed by atoms with Crippen molar-refractivity contribution in [3.05, 3.63) is 71.3 Å². The lowest BCUT2D eigenvalue weighted by Crippen LogP contribution is -2.30. The smallest absolute Gasteiger partial charge is 0.335 e. The first-order chi connectivity index (χ1) is 15.0.